The summed E-state index contributed by atoms with van der Waals surface area (Å²) >= 11 is 0. The standard InChI is InChI=1S/C22H36O2/c1-14(2)19(4)12-9-16-20(5)11-8-15(3)22(7,24)17(20)10-13-21(16,6)18(19)23/h9,12,14-17,24H,8,10-11,13H2,1-7H3. The number of carbonyl (C=O) groups is 1. The van der Waals surface area contributed by atoms with Gasteiger partial charge in [-0.1, -0.05) is 46.8 Å². The average molecular weight is 333 g/mol. The Morgan fingerprint density at radius 3 is 2.33 bits per heavy atom. The van der Waals surface area contributed by atoms with E-state index in [0.29, 0.717) is 17.6 Å². The number of hydrogen-bond acceptors (Lipinski definition) is 2. The number of rotatable bonds is 1. The van der Waals surface area contributed by atoms with Crippen molar-refractivity contribution in [2.24, 2.45) is 39.9 Å². The molecule has 136 valence electrons. The Labute approximate surface area is 148 Å². The molecule has 0 aromatic carbocycles. The lowest BCUT2D eigenvalue weighted by Crippen LogP contribution is -2.63. The third-order valence-electron chi connectivity index (χ3n) is 8.81. The van der Waals surface area contributed by atoms with Crippen LogP contribution in [0, 0.1) is 39.9 Å². The summed E-state index contributed by atoms with van der Waals surface area (Å²) in [6.07, 6.45) is 8.61. The summed E-state index contributed by atoms with van der Waals surface area (Å²) in [5.74, 6) is 1.62. The largest absolute Gasteiger partial charge is 0.390 e. The molecule has 0 aliphatic heterocycles. The highest BCUT2D eigenvalue weighted by atomic mass is 16.3. The molecule has 3 rings (SSSR count). The van der Waals surface area contributed by atoms with E-state index in [9.17, 15) is 9.90 Å². The average Bonchev–Trinajstić information content (AvgIpc) is 2.48. The van der Waals surface area contributed by atoms with Gasteiger partial charge in [0.15, 0.2) is 0 Å². The number of Topliss-reactive ketones (excluding diaryl/α,β-unsaturated/α-hetero) is 1. The van der Waals surface area contributed by atoms with Gasteiger partial charge in [0, 0.05) is 10.8 Å². The fourth-order valence-corrected chi connectivity index (χ4v) is 6.46. The van der Waals surface area contributed by atoms with E-state index < -0.39 is 5.60 Å². The van der Waals surface area contributed by atoms with Gasteiger partial charge in [-0.2, -0.15) is 0 Å². The first-order valence-corrected chi connectivity index (χ1v) is 9.87. The number of carbonyl (C=O) groups excluding carboxylic acids is 1. The normalized spacial score (nSPS) is 54.5. The minimum atomic E-state index is -0.621. The lowest BCUT2D eigenvalue weighted by molar-refractivity contribution is -0.191. The van der Waals surface area contributed by atoms with E-state index in [-0.39, 0.29) is 28.1 Å². The molecule has 24 heavy (non-hydrogen) atoms. The van der Waals surface area contributed by atoms with Crippen molar-refractivity contribution in [1.29, 1.82) is 0 Å². The van der Waals surface area contributed by atoms with Gasteiger partial charge in [0.1, 0.15) is 5.78 Å². The molecule has 2 saturated carbocycles. The molecule has 0 heterocycles. The predicted octanol–water partition coefficient (Wildman–Crippen LogP) is 5.01. The number of hydrogen-bond donors (Lipinski definition) is 1. The van der Waals surface area contributed by atoms with E-state index >= 15 is 0 Å². The van der Waals surface area contributed by atoms with Crippen LogP contribution < -0.4 is 0 Å². The maximum Gasteiger partial charge on any atom is 0.149 e. The van der Waals surface area contributed by atoms with E-state index in [2.05, 4.69) is 53.7 Å². The van der Waals surface area contributed by atoms with Gasteiger partial charge in [-0.15, -0.1) is 0 Å². The van der Waals surface area contributed by atoms with Crippen molar-refractivity contribution >= 4 is 5.78 Å². The minimum absolute atomic E-state index is 0.0213. The Bertz CT molecular complexity index is 575. The van der Waals surface area contributed by atoms with Gasteiger partial charge in [-0.3, -0.25) is 4.79 Å². The molecule has 0 aromatic heterocycles. The molecule has 0 spiro atoms. The highest BCUT2D eigenvalue weighted by molar-refractivity contribution is 5.93. The molecule has 0 aromatic rings. The van der Waals surface area contributed by atoms with Crippen LogP contribution in [0.1, 0.15) is 74.1 Å². The Balaban J connectivity index is 2.08. The summed E-state index contributed by atoms with van der Waals surface area (Å²) in [7, 11) is 0. The van der Waals surface area contributed by atoms with Crippen LogP contribution in [0.25, 0.3) is 0 Å². The fraction of sp³-hybridized carbons (Fsp3) is 0.864. The third-order valence-corrected chi connectivity index (χ3v) is 8.81. The van der Waals surface area contributed by atoms with Crippen LogP contribution >= 0.6 is 0 Å². The van der Waals surface area contributed by atoms with E-state index in [1.54, 1.807) is 0 Å². The lowest BCUT2D eigenvalue weighted by Gasteiger charge is -2.64. The zero-order valence-electron chi connectivity index (χ0n) is 16.6. The first-order chi connectivity index (χ1) is 10.9. The van der Waals surface area contributed by atoms with Gasteiger partial charge in [-0.25, -0.2) is 0 Å². The van der Waals surface area contributed by atoms with Crippen LogP contribution in [0.5, 0.6) is 0 Å². The second kappa shape index (κ2) is 5.19. The predicted molar refractivity (Wildman–Crippen MR) is 98.5 cm³/mol. The van der Waals surface area contributed by atoms with Gasteiger partial charge in [0.2, 0.25) is 0 Å². The SMILES string of the molecule is CC(C)C1(C)C=CC2C(C)(CCC3C(C)(O)C(C)CCC23C)C1=O. The molecule has 2 nitrogen and oxygen atoms in total. The zero-order chi connectivity index (χ0) is 18.1. The molecule has 2 fully saturated rings. The third kappa shape index (κ3) is 2.08. The van der Waals surface area contributed by atoms with E-state index in [0.717, 1.165) is 25.7 Å². The maximum atomic E-state index is 13.6. The monoisotopic (exact) mass is 332 g/mol. The molecule has 0 radical (unpaired) electrons. The first-order valence-electron chi connectivity index (χ1n) is 9.87. The second-order valence-electron chi connectivity index (χ2n) is 10.3. The summed E-state index contributed by atoms with van der Waals surface area (Å²) in [6.45, 7) is 15.2. The van der Waals surface area contributed by atoms with Crippen LogP contribution in [0.3, 0.4) is 0 Å². The van der Waals surface area contributed by atoms with E-state index in [4.69, 9.17) is 0 Å². The quantitative estimate of drug-likeness (QED) is 0.686. The lowest BCUT2D eigenvalue weighted by atomic mass is 9.40. The van der Waals surface area contributed by atoms with Gasteiger partial charge in [0.05, 0.1) is 5.60 Å². The number of aliphatic hydroxyl groups is 1. The van der Waals surface area contributed by atoms with Gasteiger partial charge >= 0.3 is 0 Å². The van der Waals surface area contributed by atoms with Crippen LogP contribution in [0.4, 0.5) is 0 Å². The summed E-state index contributed by atoms with van der Waals surface area (Å²) in [4.78, 5) is 13.6. The summed E-state index contributed by atoms with van der Waals surface area (Å²) in [5, 5.41) is 11.2. The number of allylic oxidation sites excluding steroid dienone is 2. The van der Waals surface area contributed by atoms with Crippen molar-refractivity contribution in [2.75, 3.05) is 0 Å². The highest BCUT2D eigenvalue weighted by Crippen LogP contribution is 2.66. The van der Waals surface area contributed by atoms with Crippen LogP contribution in [0.2, 0.25) is 0 Å². The molecule has 0 saturated heterocycles. The van der Waals surface area contributed by atoms with E-state index in [1.807, 2.05) is 6.92 Å². The number of fused-ring (bicyclic) bond motifs is 3. The van der Waals surface area contributed by atoms with Crippen LogP contribution in [-0.4, -0.2) is 16.5 Å². The molecule has 1 N–H and O–H groups in total. The van der Waals surface area contributed by atoms with Crippen molar-refractivity contribution in [1.82, 2.24) is 0 Å². The molecular weight excluding hydrogens is 296 g/mol. The molecule has 2 heteroatoms. The Morgan fingerprint density at radius 2 is 1.75 bits per heavy atom. The van der Waals surface area contributed by atoms with Crippen LogP contribution in [0.15, 0.2) is 12.2 Å². The Hall–Kier alpha value is -0.630. The zero-order valence-corrected chi connectivity index (χ0v) is 16.6. The van der Waals surface area contributed by atoms with Gasteiger partial charge < -0.3 is 5.11 Å². The Kier molecular flexibility index (Phi) is 3.93. The molecule has 3 aliphatic rings. The summed E-state index contributed by atoms with van der Waals surface area (Å²) in [6, 6.07) is 0. The molecular formula is C22H36O2. The minimum Gasteiger partial charge on any atom is -0.390 e. The van der Waals surface area contributed by atoms with Crippen molar-refractivity contribution in [3.8, 4) is 0 Å². The van der Waals surface area contributed by atoms with Crippen LogP contribution in [-0.2, 0) is 4.79 Å². The topological polar surface area (TPSA) is 37.3 Å². The molecule has 3 aliphatic carbocycles. The smallest absolute Gasteiger partial charge is 0.149 e. The van der Waals surface area contributed by atoms with Crippen molar-refractivity contribution in [3.63, 3.8) is 0 Å². The first kappa shape index (κ1) is 18.2. The molecule has 0 bridgehead atoms. The molecule has 0 amide bonds. The van der Waals surface area contributed by atoms with Crippen molar-refractivity contribution in [3.05, 3.63) is 12.2 Å². The number of ketones is 1. The maximum absolute atomic E-state index is 13.6. The van der Waals surface area contributed by atoms with Gasteiger partial charge in [0.25, 0.3) is 0 Å². The van der Waals surface area contributed by atoms with Crippen molar-refractivity contribution < 1.29 is 9.90 Å². The summed E-state index contributed by atoms with van der Waals surface area (Å²) in [5.41, 5.74) is -1.23. The Morgan fingerprint density at radius 1 is 1.12 bits per heavy atom. The molecule has 7 unspecified atom stereocenters. The van der Waals surface area contributed by atoms with E-state index in [1.165, 1.54) is 0 Å². The second-order valence-corrected chi connectivity index (χ2v) is 10.3. The van der Waals surface area contributed by atoms with Gasteiger partial charge in [-0.05, 0) is 68.6 Å². The summed E-state index contributed by atoms with van der Waals surface area (Å²) < 4.78 is 0. The highest BCUT2D eigenvalue weighted by Gasteiger charge is 2.64. The van der Waals surface area contributed by atoms with Crippen molar-refractivity contribution in [2.45, 2.75) is 79.8 Å². The fourth-order valence-electron chi connectivity index (χ4n) is 6.46. The molecule has 7 atom stereocenters.